The minimum Gasteiger partial charge on any atom is -0.356 e. The van der Waals surface area contributed by atoms with Crippen LogP contribution in [0.2, 0.25) is 0 Å². The van der Waals surface area contributed by atoms with E-state index in [-0.39, 0.29) is 17.4 Å². The maximum atomic E-state index is 12.9. The minimum atomic E-state index is -0.401. The molecule has 0 spiro atoms. The molecule has 1 aliphatic heterocycles. The van der Waals surface area contributed by atoms with E-state index in [4.69, 9.17) is 0 Å². The lowest BCUT2D eigenvalue weighted by atomic mass is 10.1. The fraction of sp³-hybridized carbons (Fsp3) is 0.250. The van der Waals surface area contributed by atoms with Crippen LogP contribution >= 0.6 is 11.8 Å². The zero-order valence-corrected chi connectivity index (χ0v) is 19.6. The molecule has 0 fully saturated rings. The topological polar surface area (TPSA) is 114 Å². The van der Waals surface area contributed by atoms with Crippen molar-refractivity contribution >= 4 is 41.0 Å². The molecule has 0 aliphatic carbocycles. The molecule has 3 aromatic rings. The van der Waals surface area contributed by atoms with E-state index in [1.165, 1.54) is 18.7 Å². The molecule has 0 saturated heterocycles. The molecule has 4 rings (SSSR count). The van der Waals surface area contributed by atoms with Crippen molar-refractivity contribution in [3.8, 4) is 0 Å². The van der Waals surface area contributed by atoms with E-state index in [9.17, 15) is 19.2 Å². The predicted octanol–water partition coefficient (Wildman–Crippen LogP) is 2.75. The number of anilines is 1. The Labute approximate surface area is 200 Å². The Hall–Kier alpha value is -3.79. The van der Waals surface area contributed by atoms with Crippen LogP contribution in [0, 0.1) is 0 Å². The molecule has 10 heteroatoms. The average Bonchev–Trinajstić information content (AvgIpc) is 3.35. The van der Waals surface area contributed by atoms with Gasteiger partial charge in [0, 0.05) is 32.0 Å². The van der Waals surface area contributed by atoms with Gasteiger partial charge in [0.1, 0.15) is 5.82 Å². The number of carbonyl (C=O) groups is 4. The smallest absolute Gasteiger partial charge is 0.266 e. The van der Waals surface area contributed by atoms with Crippen LogP contribution in [0.5, 0.6) is 0 Å². The third kappa shape index (κ3) is 4.62. The first-order valence-electron chi connectivity index (χ1n) is 10.8. The Morgan fingerprint density at radius 3 is 2.35 bits per heavy atom. The molecular weight excluding hydrogens is 454 g/mol. The number of amides is 3. The Morgan fingerprint density at radius 2 is 1.71 bits per heavy atom. The van der Waals surface area contributed by atoms with Gasteiger partial charge in [0.05, 0.1) is 22.6 Å². The third-order valence-electron chi connectivity index (χ3n) is 5.38. The van der Waals surface area contributed by atoms with Crippen LogP contribution in [0.3, 0.4) is 0 Å². The van der Waals surface area contributed by atoms with Gasteiger partial charge >= 0.3 is 0 Å². The summed E-state index contributed by atoms with van der Waals surface area (Å²) < 4.78 is 1.91. The molecule has 9 nitrogen and oxygen atoms in total. The molecule has 1 N–H and O–H groups in total. The normalized spacial score (nSPS) is 12.7. The van der Waals surface area contributed by atoms with Crippen LogP contribution in [-0.2, 0) is 17.8 Å². The summed E-state index contributed by atoms with van der Waals surface area (Å²) in [6, 6.07) is 13.2. The van der Waals surface area contributed by atoms with Crippen molar-refractivity contribution in [1.82, 2.24) is 20.1 Å². The van der Waals surface area contributed by atoms with E-state index >= 15 is 0 Å². The van der Waals surface area contributed by atoms with Crippen LogP contribution in [0.15, 0.2) is 53.7 Å². The number of imide groups is 1. The largest absolute Gasteiger partial charge is 0.356 e. The second kappa shape index (κ2) is 10.0. The van der Waals surface area contributed by atoms with Gasteiger partial charge in [-0.1, -0.05) is 36.0 Å². The molecule has 2 aromatic carbocycles. The van der Waals surface area contributed by atoms with Crippen LogP contribution in [0.25, 0.3) is 0 Å². The van der Waals surface area contributed by atoms with Gasteiger partial charge < -0.3 is 9.88 Å². The van der Waals surface area contributed by atoms with Gasteiger partial charge in [0.15, 0.2) is 10.9 Å². The van der Waals surface area contributed by atoms with Gasteiger partial charge in [-0.2, -0.15) is 0 Å². The highest BCUT2D eigenvalue weighted by molar-refractivity contribution is 7.99. The average molecular weight is 478 g/mol. The van der Waals surface area contributed by atoms with E-state index < -0.39 is 11.8 Å². The molecule has 0 saturated carbocycles. The summed E-state index contributed by atoms with van der Waals surface area (Å²) in [7, 11) is 0. The van der Waals surface area contributed by atoms with Gasteiger partial charge in [-0.05, 0) is 31.2 Å². The summed E-state index contributed by atoms with van der Waals surface area (Å²) >= 11 is 1.27. The molecule has 1 aliphatic rings. The summed E-state index contributed by atoms with van der Waals surface area (Å²) in [5, 5.41) is 11.7. The standard InChI is InChI=1S/C24H23N5O4S/c1-3-28-21(11-12-25-15(2)30)26-27-24(28)34-14-20(31)16-7-6-8-17(13-16)29-22(32)18-9-4-5-10-19(18)23(29)33/h4-10,13H,3,11-12,14H2,1-2H3,(H,25,30). The maximum Gasteiger partial charge on any atom is 0.266 e. The highest BCUT2D eigenvalue weighted by Gasteiger charge is 2.36. The van der Waals surface area contributed by atoms with Crippen LogP contribution < -0.4 is 10.2 Å². The zero-order valence-electron chi connectivity index (χ0n) is 18.8. The van der Waals surface area contributed by atoms with Crippen molar-refractivity contribution in [1.29, 1.82) is 0 Å². The molecule has 2 heterocycles. The first-order chi connectivity index (χ1) is 16.4. The maximum absolute atomic E-state index is 12.9. The molecule has 3 amide bonds. The van der Waals surface area contributed by atoms with E-state index in [1.54, 1.807) is 48.5 Å². The van der Waals surface area contributed by atoms with E-state index in [2.05, 4.69) is 15.5 Å². The lowest BCUT2D eigenvalue weighted by Gasteiger charge is -2.14. The van der Waals surface area contributed by atoms with Gasteiger partial charge in [-0.25, -0.2) is 4.90 Å². The molecule has 0 radical (unpaired) electrons. The number of carbonyl (C=O) groups excluding carboxylic acids is 4. The van der Waals surface area contributed by atoms with E-state index in [1.807, 2.05) is 11.5 Å². The number of Topliss-reactive ketones (excluding diaryl/α,β-unsaturated/α-hetero) is 1. The SMILES string of the molecule is CCn1c(CCNC(C)=O)nnc1SCC(=O)c1cccc(N2C(=O)c3ccccc3C2=O)c1. The van der Waals surface area contributed by atoms with Gasteiger partial charge in [-0.15, -0.1) is 10.2 Å². The van der Waals surface area contributed by atoms with Crippen molar-refractivity contribution < 1.29 is 19.2 Å². The number of fused-ring (bicyclic) bond motifs is 1. The predicted molar refractivity (Wildman–Crippen MR) is 127 cm³/mol. The van der Waals surface area contributed by atoms with Gasteiger partial charge in [0.2, 0.25) is 5.91 Å². The van der Waals surface area contributed by atoms with Crippen molar-refractivity contribution in [3.63, 3.8) is 0 Å². The number of rotatable bonds is 9. The van der Waals surface area contributed by atoms with Crippen molar-refractivity contribution in [2.75, 3.05) is 17.2 Å². The zero-order chi connectivity index (χ0) is 24.2. The minimum absolute atomic E-state index is 0.105. The molecule has 34 heavy (non-hydrogen) atoms. The molecule has 174 valence electrons. The summed E-state index contributed by atoms with van der Waals surface area (Å²) in [6.07, 6.45) is 0.539. The highest BCUT2D eigenvalue weighted by atomic mass is 32.2. The first kappa shape index (κ1) is 23.4. The molecule has 1 aromatic heterocycles. The van der Waals surface area contributed by atoms with Crippen molar-refractivity contribution in [3.05, 3.63) is 71.0 Å². The number of thioether (sulfide) groups is 1. The highest BCUT2D eigenvalue weighted by Crippen LogP contribution is 2.29. The number of hydrogen-bond acceptors (Lipinski definition) is 7. The molecule has 0 unspecified atom stereocenters. The van der Waals surface area contributed by atoms with Crippen LogP contribution in [0.4, 0.5) is 5.69 Å². The van der Waals surface area contributed by atoms with Crippen molar-refractivity contribution in [2.45, 2.75) is 32.0 Å². The first-order valence-corrected chi connectivity index (χ1v) is 11.8. The number of nitrogens with zero attached hydrogens (tertiary/aromatic N) is 4. The summed E-state index contributed by atoms with van der Waals surface area (Å²) in [5.41, 5.74) is 1.47. The van der Waals surface area contributed by atoms with Gasteiger partial charge in [-0.3, -0.25) is 19.2 Å². The van der Waals surface area contributed by atoms with E-state index in [0.717, 1.165) is 10.7 Å². The molecular formula is C24H23N5O4S. The second-order valence-electron chi connectivity index (χ2n) is 7.63. The number of aromatic nitrogens is 3. The summed E-state index contributed by atoms with van der Waals surface area (Å²) in [5.74, 6) is -0.209. The third-order valence-corrected chi connectivity index (χ3v) is 6.35. The Bertz CT molecular complexity index is 1250. The lowest BCUT2D eigenvalue weighted by Crippen LogP contribution is -2.29. The Balaban J connectivity index is 1.45. The van der Waals surface area contributed by atoms with Gasteiger partial charge in [0.25, 0.3) is 11.8 Å². The quantitative estimate of drug-likeness (QED) is 0.286. The lowest BCUT2D eigenvalue weighted by molar-refractivity contribution is -0.118. The number of benzene rings is 2. The Kier molecular flexibility index (Phi) is 6.87. The number of hydrogen-bond donors (Lipinski definition) is 1. The Morgan fingerprint density at radius 1 is 1.00 bits per heavy atom. The second-order valence-corrected chi connectivity index (χ2v) is 8.57. The van der Waals surface area contributed by atoms with Crippen LogP contribution in [0.1, 0.15) is 50.7 Å². The monoisotopic (exact) mass is 477 g/mol. The molecule has 0 bridgehead atoms. The number of nitrogens with one attached hydrogen (secondary N) is 1. The van der Waals surface area contributed by atoms with Crippen molar-refractivity contribution in [2.24, 2.45) is 0 Å². The summed E-state index contributed by atoms with van der Waals surface area (Å²) in [4.78, 5) is 50.6. The number of ketones is 1. The fourth-order valence-corrected chi connectivity index (χ4v) is 4.65. The molecule has 0 atom stereocenters. The fourth-order valence-electron chi connectivity index (χ4n) is 3.73. The summed E-state index contributed by atoms with van der Waals surface area (Å²) in [6.45, 7) is 4.51. The van der Waals surface area contributed by atoms with Crippen LogP contribution in [-0.4, -0.2) is 50.6 Å². The van der Waals surface area contributed by atoms with E-state index in [0.29, 0.717) is 47.0 Å².